The SMILES string of the molecule is Cc1ccc(Nc2c(C(=O)N3CC(N=O)(C(CCCCNC=O)CCn4ccnc4[N+](=O)[O-])C3)ccc(F)c2F)c(F)c1. The molecule has 0 saturated carbocycles. The second-order valence-electron chi connectivity index (χ2n) is 10.5. The van der Waals surface area contributed by atoms with Crippen LogP contribution in [-0.4, -0.2) is 56.9 Å². The van der Waals surface area contributed by atoms with Crippen molar-refractivity contribution in [3.05, 3.63) is 86.3 Å². The Morgan fingerprint density at radius 2 is 1.95 bits per heavy atom. The number of likely N-dealkylation sites (tertiary alicyclic amines) is 1. The van der Waals surface area contributed by atoms with Gasteiger partial charge in [0.05, 0.1) is 36.6 Å². The number of halogens is 3. The molecule has 0 radical (unpaired) electrons. The monoisotopic (exact) mass is 601 g/mol. The number of benzene rings is 2. The van der Waals surface area contributed by atoms with Crippen molar-refractivity contribution in [2.24, 2.45) is 11.1 Å². The first-order valence-corrected chi connectivity index (χ1v) is 13.6. The summed E-state index contributed by atoms with van der Waals surface area (Å²) in [6.07, 6.45) is 5.31. The molecule has 1 fully saturated rings. The van der Waals surface area contributed by atoms with E-state index in [4.69, 9.17) is 0 Å². The van der Waals surface area contributed by atoms with Crippen LogP contribution < -0.4 is 10.6 Å². The molecule has 1 atom stereocenters. The number of hydrogen-bond acceptors (Lipinski definition) is 8. The second-order valence-corrected chi connectivity index (χ2v) is 10.5. The topological polar surface area (TPSA) is 152 Å². The summed E-state index contributed by atoms with van der Waals surface area (Å²) >= 11 is 0. The number of unbranched alkanes of at least 4 members (excludes halogenated alkanes) is 1. The Morgan fingerprint density at radius 3 is 2.63 bits per heavy atom. The molecule has 3 aromatic rings. The number of aromatic nitrogens is 2. The first-order chi connectivity index (χ1) is 20.6. The molecule has 0 bridgehead atoms. The molecular weight excluding hydrogens is 571 g/mol. The highest BCUT2D eigenvalue weighted by Gasteiger charge is 2.52. The summed E-state index contributed by atoms with van der Waals surface area (Å²) in [5.41, 5.74) is -1.60. The minimum atomic E-state index is -1.37. The lowest BCUT2D eigenvalue weighted by Gasteiger charge is -2.49. The fraction of sp³-hybridized carbons (Fsp3) is 0.393. The predicted octanol–water partition coefficient (Wildman–Crippen LogP) is 4.84. The average Bonchev–Trinajstić information content (AvgIpc) is 3.43. The van der Waals surface area contributed by atoms with Gasteiger partial charge in [-0.1, -0.05) is 22.6 Å². The van der Waals surface area contributed by atoms with Gasteiger partial charge < -0.3 is 25.6 Å². The minimum absolute atomic E-state index is 0.129. The zero-order valence-corrected chi connectivity index (χ0v) is 23.3. The Morgan fingerprint density at radius 1 is 1.19 bits per heavy atom. The summed E-state index contributed by atoms with van der Waals surface area (Å²) in [6.45, 7) is 1.99. The van der Waals surface area contributed by atoms with Gasteiger partial charge in [-0.15, -0.1) is 0 Å². The summed E-state index contributed by atoms with van der Waals surface area (Å²) < 4.78 is 45.0. The van der Waals surface area contributed by atoms with Crippen molar-refractivity contribution in [3.8, 4) is 0 Å². The van der Waals surface area contributed by atoms with Crippen LogP contribution in [0, 0.1) is 45.3 Å². The van der Waals surface area contributed by atoms with Crippen molar-refractivity contribution < 1.29 is 27.7 Å². The number of anilines is 2. The van der Waals surface area contributed by atoms with Crippen LogP contribution in [0.5, 0.6) is 0 Å². The molecule has 0 spiro atoms. The quantitative estimate of drug-likeness (QED) is 0.0831. The number of nitro groups is 1. The maximum absolute atomic E-state index is 14.9. The average molecular weight is 602 g/mol. The molecule has 4 rings (SSSR count). The molecule has 12 nitrogen and oxygen atoms in total. The van der Waals surface area contributed by atoms with Crippen molar-refractivity contribution in [1.29, 1.82) is 0 Å². The molecule has 15 heteroatoms. The first-order valence-electron chi connectivity index (χ1n) is 13.6. The van der Waals surface area contributed by atoms with E-state index in [0.717, 1.165) is 12.1 Å². The standard InChI is InChI=1S/C28H30F3N7O5/c1-18-5-8-23(22(30)14-18)34-25-20(6-7-21(29)24(25)31)26(40)37-15-28(16-37,35-41)19(4-2-3-10-32-17-39)9-12-36-13-11-33-27(36)38(42)43/h5-8,11,13-14,17,19,34H,2-4,9-10,12,15-16H2,1H3,(H,32,39). The number of hydrogen-bond donors (Lipinski definition) is 2. The summed E-state index contributed by atoms with van der Waals surface area (Å²) in [5.74, 6) is -4.80. The van der Waals surface area contributed by atoms with Crippen molar-refractivity contribution in [1.82, 2.24) is 19.8 Å². The van der Waals surface area contributed by atoms with Gasteiger partial charge in [0, 0.05) is 6.54 Å². The van der Waals surface area contributed by atoms with E-state index in [9.17, 15) is 37.8 Å². The van der Waals surface area contributed by atoms with Crippen LogP contribution >= 0.6 is 0 Å². The third-order valence-corrected chi connectivity index (χ3v) is 7.65. The summed E-state index contributed by atoms with van der Waals surface area (Å²) in [7, 11) is 0. The van der Waals surface area contributed by atoms with E-state index in [2.05, 4.69) is 20.8 Å². The minimum Gasteiger partial charge on any atom is -0.390 e. The Balaban J connectivity index is 1.54. The molecule has 2 amide bonds. The third kappa shape index (κ3) is 6.81. The zero-order valence-electron chi connectivity index (χ0n) is 23.3. The molecule has 2 N–H and O–H groups in total. The van der Waals surface area contributed by atoms with E-state index < -0.39 is 45.4 Å². The molecule has 1 unspecified atom stereocenters. The highest BCUT2D eigenvalue weighted by Crippen LogP contribution is 2.40. The molecule has 43 heavy (non-hydrogen) atoms. The lowest BCUT2D eigenvalue weighted by atomic mass is 9.73. The van der Waals surface area contributed by atoms with Crippen molar-refractivity contribution in [3.63, 3.8) is 0 Å². The first kappa shape index (κ1) is 31.1. The third-order valence-electron chi connectivity index (χ3n) is 7.65. The van der Waals surface area contributed by atoms with E-state index in [0.29, 0.717) is 44.2 Å². The molecule has 1 saturated heterocycles. The van der Waals surface area contributed by atoms with Gasteiger partial charge in [0.25, 0.3) is 5.91 Å². The van der Waals surface area contributed by atoms with E-state index in [1.165, 1.54) is 34.0 Å². The fourth-order valence-corrected chi connectivity index (χ4v) is 5.33. The molecular formula is C28H30F3N7O5. The number of nitrogens with one attached hydrogen (secondary N) is 2. The van der Waals surface area contributed by atoms with Crippen LogP contribution in [0.25, 0.3) is 0 Å². The lowest BCUT2D eigenvalue weighted by molar-refractivity contribution is -0.396. The van der Waals surface area contributed by atoms with Crippen LogP contribution in [0.4, 0.5) is 30.5 Å². The van der Waals surface area contributed by atoms with E-state index >= 15 is 0 Å². The number of nitrogens with zero attached hydrogens (tertiary/aromatic N) is 5. The normalized spacial score (nSPS) is 14.5. The van der Waals surface area contributed by atoms with Gasteiger partial charge in [-0.3, -0.25) is 9.59 Å². The number of carbonyl (C=O) groups is 2. The molecule has 1 aromatic heterocycles. The molecule has 0 aliphatic carbocycles. The van der Waals surface area contributed by atoms with E-state index in [1.807, 2.05) is 0 Å². The van der Waals surface area contributed by atoms with Crippen molar-refractivity contribution in [2.75, 3.05) is 25.0 Å². The molecule has 1 aliphatic rings. The van der Waals surface area contributed by atoms with Crippen molar-refractivity contribution >= 4 is 29.6 Å². The molecule has 2 aromatic carbocycles. The molecule has 1 aliphatic heterocycles. The van der Waals surface area contributed by atoms with Gasteiger partial charge in [-0.2, -0.15) is 4.91 Å². The van der Waals surface area contributed by atoms with Gasteiger partial charge in [0.2, 0.25) is 6.41 Å². The number of amides is 2. The number of nitroso groups, excluding NO2 is 1. The van der Waals surface area contributed by atoms with Gasteiger partial charge in [0.1, 0.15) is 23.7 Å². The summed E-state index contributed by atoms with van der Waals surface area (Å²) in [5, 5.41) is 19.7. The molecule has 228 valence electrons. The van der Waals surface area contributed by atoms with Crippen LogP contribution in [0.1, 0.15) is 41.6 Å². The number of imidazole rings is 1. The summed E-state index contributed by atoms with van der Waals surface area (Å²) in [6, 6.07) is 5.98. The Labute approximate surface area is 244 Å². The largest absolute Gasteiger partial charge is 0.434 e. The van der Waals surface area contributed by atoms with Crippen LogP contribution in [0.3, 0.4) is 0 Å². The smallest absolute Gasteiger partial charge is 0.390 e. The number of carbonyl (C=O) groups excluding carboxylic acids is 2. The maximum Gasteiger partial charge on any atom is 0.434 e. The highest BCUT2D eigenvalue weighted by atomic mass is 19.2. The van der Waals surface area contributed by atoms with Crippen LogP contribution in [0.15, 0.2) is 47.9 Å². The zero-order chi connectivity index (χ0) is 31.1. The number of aryl methyl sites for hydroxylation is 2. The molecule has 2 heterocycles. The Bertz CT molecular complexity index is 1510. The van der Waals surface area contributed by atoms with E-state index in [-0.39, 0.29) is 36.8 Å². The highest BCUT2D eigenvalue weighted by molar-refractivity contribution is 6.01. The lowest BCUT2D eigenvalue weighted by Crippen LogP contribution is -2.65. The van der Waals surface area contributed by atoms with Gasteiger partial charge >= 0.3 is 5.95 Å². The Kier molecular flexibility index (Phi) is 9.73. The van der Waals surface area contributed by atoms with Gasteiger partial charge in [-0.05, 0) is 66.9 Å². The van der Waals surface area contributed by atoms with Gasteiger partial charge in [-0.25, -0.2) is 17.7 Å². The van der Waals surface area contributed by atoms with Crippen LogP contribution in [0.2, 0.25) is 0 Å². The van der Waals surface area contributed by atoms with Crippen molar-refractivity contribution in [2.45, 2.75) is 44.7 Å². The maximum atomic E-state index is 14.9. The van der Waals surface area contributed by atoms with E-state index in [1.54, 1.807) is 13.0 Å². The fourth-order valence-electron chi connectivity index (χ4n) is 5.33. The summed E-state index contributed by atoms with van der Waals surface area (Å²) in [4.78, 5) is 52.0. The second kappa shape index (κ2) is 13.4. The number of rotatable bonds is 15. The van der Waals surface area contributed by atoms with Crippen LogP contribution in [-0.2, 0) is 11.3 Å². The Hall–Kier alpha value is -4.82. The predicted molar refractivity (Wildman–Crippen MR) is 150 cm³/mol. The van der Waals surface area contributed by atoms with Gasteiger partial charge in [0.15, 0.2) is 11.6 Å².